The lowest BCUT2D eigenvalue weighted by molar-refractivity contribution is 0.456. The van der Waals surface area contributed by atoms with E-state index in [2.05, 4.69) is 9.97 Å². The van der Waals surface area contributed by atoms with Crippen LogP contribution in [-0.4, -0.2) is 9.97 Å². The number of nitrogens with zero attached hydrogens (tertiary/aromatic N) is 2. The van der Waals surface area contributed by atoms with Crippen molar-refractivity contribution >= 4 is 11.6 Å². The Morgan fingerprint density at radius 3 is 2.62 bits per heavy atom. The highest BCUT2D eigenvalue weighted by Gasteiger charge is 2.07. The monoisotopic (exact) mass is 234 g/mol. The summed E-state index contributed by atoms with van der Waals surface area (Å²) in [5.74, 6) is 1.08. The van der Waals surface area contributed by atoms with Crippen LogP contribution in [0.25, 0.3) is 0 Å². The molecule has 0 bridgehead atoms. The van der Waals surface area contributed by atoms with E-state index in [1.807, 2.05) is 32.0 Å². The molecule has 16 heavy (non-hydrogen) atoms. The van der Waals surface area contributed by atoms with Crippen LogP contribution in [0, 0.1) is 13.8 Å². The fourth-order valence-electron chi connectivity index (χ4n) is 1.30. The molecule has 2 aromatic rings. The number of benzene rings is 1. The molecular formula is C12H11ClN2O. The Kier molecular flexibility index (Phi) is 3.06. The molecular weight excluding hydrogens is 224 g/mol. The molecule has 82 valence electrons. The molecule has 0 unspecified atom stereocenters. The van der Waals surface area contributed by atoms with Crippen LogP contribution >= 0.6 is 11.6 Å². The minimum Gasteiger partial charge on any atom is -0.436 e. The van der Waals surface area contributed by atoms with Crippen LogP contribution in [0.1, 0.15) is 11.1 Å². The van der Waals surface area contributed by atoms with Gasteiger partial charge in [0, 0.05) is 12.4 Å². The van der Waals surface area contributed by atoms with Gasteiger partial charge in [0.1, 0.15) is 5.75 Å². The summed E-state index contributed by atoms with van der Waals surface area (Å²) in [7, 11) is 0. The van der Waals surface area contributed by atoms with Crippen molar-refractivity contribution in [2.24, 2.45) is 0 Å². The molecule has 1 heterocycles. The fourth-order valence-corrected chi connectivity index (χ4v) is 1.44. The van der Waals surface area contributed by atoms with Crippen LogP contribution in [0.2, 0.25) is 5.15 Å². The van der Waals surface area contributed by atoms with Crippen LogP contribution in [0.5, 0.6) is 11.6 Å². The van der Waals surface area contributed by atoms with E-state index in [0.29, 0.717) is 5.88 Å². The zero-order chi connectivity index (χ0) is 11.5. The van der Waals surface area contributed by atoms with Crippen LogP contribution < -0.4 is 4.74 Å². The van der Waals surface area contributed by atoms with Gasteiger partial charge < -0.3 is 4.74 Å². The van der Waals surface area contributed by atoms with Crippen LogP contribution in [0.15, 0.2) is 30.6 Å². The Balaban J connectivity index is 2.34. The molecule has 0 aliphatic rings. The summed E-state index contributed by atoms with van der Waals surface area (Å²) in [5.41, 5.74) is 2.16. The summed E-state index contributed by atoms with van der Waals surface area (Å²) in [5, 5.41) is 0.267. The average molecular weight is 235 g/mol. The quantitative estimate of drug-likeness (QED) is 0.797. The van der Waals surface area contributed by atoms with Gasteiger partial charge in [-0.15, -0.1) is 0 Å². The lowest BCUT2D eigenvalue weighted by Crippen LogP contribution is -1.92. The van der Waals surface area contributed by atoms with Crippen molar-refractivity contribution in [3.8, 4) is 11.6 Å². The largest absolute Gasteiger partial charge is 0.436 e. The lowest BCUT2D eigenvalue weighted by atomic mass is 10.1. The molecule has 4 heteroatoms. The zero-order valence-corrected chi connectivity index (χ0v) is 9.82. The van der Waals surface area contributed by atoms with E-state index >= 15 is 0 Å². The molecule has 0 N–H and O–H groups in total. The highest BCUT2D eigenvalue weighted by atomic mass is 35.5. The Labute approximate surface area is 99.1 Å². The molecule has 0 amide bonds. The Morgan fingerprint density at radius 1 is 1.12 bits per heavy atom. The molecule has 0 spiro atoms. The maximum absolute atomic E-state index is 5.87. The molecule has 0 saturated heterocycles. The van der Waals surface area contributed by atoms with E-state index in [1.54, 1.807) is 6.20 Å². The smallest absolute Gasteiger partial charge is 0.257 e. The molecule has 1 aromatic carbocycles. The highest BCUT2D eigenvalue weighted by Crippen LogP contribution is 2.27. The second-order valence-electron chi connectivity index (χ2n) is 3.52. The maximum Gasteiger partial charge on any atom is 0.257 e. The van der Waals surface area contributed by atoms with Gasteiger partial charge in [0.25, 0.3) is 5.88 Å². The number of hydrogen-bond acceptors (Lipinski definition) is 3. The number of aromatic nitrogens is 2. The topological polar surface area (TPSA) is 35.0 Å². The summed E-state index contributed by atoms with van der Waals surface area (Å²) < 4.78 is 5.62. The molecule has 0 saturated carbocycles. The summed E-state index contributed by atoms with van der Waals surface area (Å²) in [6, 6.07) is 5.97. The summed E-state index contributed by atoms with van der Waals surface area (Å²) in [6.45, 7) is 3.98. The first kappa shape index (κ1) is 10.9. The Hall–Kier alpha value is -1.61. The summed E-state index contributed by atoms with van der Waals surface area (Å²) >= 11 is 5.87. The highest BCUT2D eigenvalue weighted by molar-refractivity contribution is 6.30. The number of aryl methyl sites for hydroxylation is 2. The predicted molar refractivity (Wildman–Crippen MR) is 63.0 cm³/mol. The summed E-state index contributed by atoms with van der Waals surface area (Å²) in [6.07, 6.45) is 3.07. The lowest BCUT2D eigenvalue weighted by Gasteiger charge is -2.08. The molecule has 3 nitrogen and oxygen atoms in total. The van der Waals surface area contributed by atoms with Gasteiger partial charge in [0.15, 0.2) is 5.15 Å². The van der Waals surface area contributed by atoms with Crippen molar-refractivity contribution in [3.05, 3.63) is 46.9 Å². The van der Waals surface area contributed by atoms with Crippen molar-refractivity contribution in [2.45, 2.75) is 13.8 Å². The van der Waals surface area contributed by atoms with E-state index in [9.17, 15) is 0 Å². The van der Waals surface area contributed by atoms with Crippen LogP contribution in [-0.2, 0) is 0 Å². The first-order valence-electron chi connectivity index (χ1n) is 4.88. The van der Waals surface area contributed by atoms with Gasteiger partial charge in [-0.05, 0) is 31.0 Å². The third kappa shape index (κ3) is 2.31. The Morgan fingerprint density at radius 2 is 1.88 bits per heavy atom. The Bertz CT molecular complexity index is 514. The molecule has 0 radical (unpaired) electrons. The van der Waals surface area contributed by atoms with E-state index in [-0.39, 0.29) is 5.15 Å². The van der Waals surface area contributed by atoms with E-state index in [1.165, 1.54) is 6.20 Å². The average Bonchev–Trinajstić information content (AvgIpc) is 2.27. The molecule has 1 aromatic heterocycles. The van der Waals surface area contributed by atoms with E-state index in [0.717, 1.165) is 16.9 Å². The summed E-state index contributed by atoms with van der Waals surface area (Å²) in [4.78, 5) is 7.93. The number of halogens is 1. The zero-order valence-electron chi connectivity index (χ0n) is 9.07. The first-order valence-corrected chi connectivity index (χ1v) is 5.26. The SMILES string of the molecule is Cc1ccc(C)c(Oc2nccnc2Cl)c1. The van der Waals surface area contributed by atoms with Crippen molar-refractivity contribution in [1.29, 1.82) is 0 Å². The molecule has 0 fully saturated rings. The van der Waals surface area contributed by atoms with Gasteiger partial charge >= 0.3 is 0 Å². The first-order chi connectivity index (χ1) is 7.66. The van der Waals surface area contributed by atoms with E-state index < -0.39 is 0 Å². The third-order valence-electron chi connectivity index (χ3n) is 2.17. The van der Waals surface area contributed by atoms with Crippen molar-refractivity contribution in [1.82, 2.24) is 9.97 Å². The van der Waals surface area contributed by atoms with E-state index in [4.69, 9.17) is 16.3 Å². The third-order valence-corrected chi connectivity index (χ3v) is 2.43. The fraction of sp³-hybridized carbons (Fsp3) is 0.167. The second kappa shape index (κ2) is 4.49. The number of ether oxygens (including phenoxy) is 1. The van der Waals surface area contributed by atoms with Crippen molar-refractivity contribution in [3.63, 3.8) is 0 Å². The van der Waals surface area contributed by atoms with Gasteiger partial charge in [-0.25, -0.2) is 9.97 Å². The van der Waals surface area contributed by atoms with Crippen LogP contribution in [0.3, 0.4) is 0 Å². The predicted octanol–water partition coefficient (Wildman–Crippen LogP) is 3.54. The van der Waals surface area contributed by atoms with Gasteiger partial charge in [-0.3, -0.25) is 0 Å². The standard InChI is InChI=1S/C12H11ClN2O/c1-8-3-4-9(2)10(7-8)16-12-11(13)14-5-6-15-12/h3-7H,1-2H3. The van der Waals surface area contributed by atoms with Crippen LogP contribution in [0.4, 0.5) is 0 Å². The number of hydrogen-bond donors (Lipinski definition) is 0. The molecule has 0 aliphatic heterocycles. The number of rotatable bonds is 2. The van der Waals surface area contributed by atoms with Crippen molar-refractivity contribution < 1.29 is 4.74 Å². The molecule has 0 aliphatic carbocycles. The molecule has 2 rings (SSSR count). The molecule has 0 atom stereocenters. The van der Waals surface area contributed by atoms with Gasteiger partial charge in [0.05, 0.1) is 0 Å². The normalized spacial score (nSPS) is 10.2. The van der Waals surface area contributed by atoms with Gasteiger partial charge in [-0.1, -0.05) is 23.7 Å². The maximum atomic E-state index is 5.87. The van der Waals surface area contributed by atoms with Gasteiger partial charge in [-0.2, -0.15) is 0 Å². The second-order valence-corrected chi connectivity index (χ2v) is 3.88. The minimum absolute atomic E-state index is 0.267. The van der Waals surface area contributed by atoms with Crippen molar-refractivity contribution in [2.75, 3.05) is 0 Å². The van der Waals surface area contributed by atoms with Gasteiger partial charge in [0.2, 0.25) is 0 Å². The minimum atomic E-state index is 0.267.